The molecule has 0 aliphatic rings. The molecule has 1 radical (unpaired) electrons. The molecule has 13 heavy (non-hydrogen) atoms. The Hall–Kier alpha value is -1.58. The summed E-state index contributed by atoms with van der Waals surface area (Å²) in [6.45, 7) is 7.98. The first-order chi connectivity index (χ1) is 5.49. The van der Waals surface area contributed by atoms with Gasteiger partial charge in [0.1, 0.15) is 0 Å². The predicted molar refractivity (Wildman–Crippen MR) is 48.5 cm³/mol. The molecule has 0 heterocycles. The number of ether oxygens (including phenoxy) is 2. The van der Waals surface area contributed by atoms with Crippen LogP contribution in [-0.4, -0.2) is 19.0 Å². The van der Waals surface area contributed by atoms with Crippen LogP contribution >= 0.6 is 0 Å². The third-order valence-electron chi connectivity index (χ3n) is 0.977. The van der Waals surface area contributed by atoms with Crippen LogP contribution in [0, 0.1) is 7.43 Å². The van der Waals surface area contributed by atoms with Crippen LogP contribution < -0.4 is 0 Å². The molecule has 0 atom stereocenters. The highest BCUT2D eigenvalue weighted by atomic mass is 16.6. The standard InChI is InChI=1S/C8H10O4.CH3/c1-5(2)7(9)12-6(3)8(10)11-4;/h1,3H2,2,4H3;1H3. The van der Waals surface area contributed by atoms with E-state index in [9.17, 15) is 9.59 Å². The highest BCUT2D eigenvalue weighted by Crippen LogP contribution is 2.01. The third-order valence-corrected chi connectivity index (χ3v) is 0.977. The van der Waals surface area contributed by atoms with E-state index in [-0.39, 0.29) is 18.8 Å². The molecule has 4 nitrogen and oxygen atoms in total. The van der Waals surface area contributed by atoms with Crippen molar-refractivity contribution in [1.82, 2.24) is 0 Å². The van der Waals surface area contributed by atoms with Gasteiger partial charge in [-0.15, -0.1) is 0 Å². The molecular formula is C9H13O4. The molecule has 0 N–H and O–H groups in total. The quantitative estimate of drug-likeness (QED) is 0.377. The zero-order chi connectivity index (χ0) is 9.72. The van der Waals surface area contributed by atoms with E-state index < -0.39 is 11.9 Å². The van der Waals surface area contributed by atoms with Gasteiger partial charge in [0, 0.05) is 5.57 Å². The molecule has 0 aliphatic carbocycles. The Balaban J connectivity index is 0. The van der Waals surface area contributed by atoms with Crippen LogP contribution in [-0.2, 0) is 19.1 Å². The molecule has 0 amide bonds. The lowest BCUT2D eigenvalue weighted by molar-refractivity contribution is -0.147. The van der Waals surface area contributed by atoms with Gasteiger partial charge in [0.2, 0.25) is 5.76 Å². The molecule has 0 aliphatic heterocycles. The van der Waals surface area contributed by atoms with Crippen molar-refractivity contribution in [1.29, 1.82) is 0 Å². The smallest absolute Gasteiger partial charge is 0.373 e. The Morgan fingerprint density at radius 3 is 1.92 bits per heavy atom. The van der Waals surface area contributed by atoms with Crippen LogP contribution in [0.15, 0.2) is 24.5 Å². The summed E-state index contributed by atoms with van der Waals surface area (Å²) in [4.78, 5) is 21.4. The number of hydrogen-bond donors (Lipinski definition) is 0. The van der Waals surface area contributed by atoms with E-state index in [0.29, 0.717) is 0 Å². The zero-order valence-corrected chi connectivity index (χ0v) is 8.05. The summed E-state index contributed by atoms with van der Waals surface area (Å²) in [5.74, 6) is -1.81. The normalized spacial score (nSPS) is 7.85. The Morgan fingerprint density at radius 1 is 1.15 bits per heavy atom. The highest BCUT2D eigenvalue weighted by Gasteiger charge is 2.12. The monoisotopic (exact) mass is 185 g/mol. The van der Waals surface area contributed by atoms with Crippen molar-refractivity contribution in [3.63, 3.8) is 0 Å². The van der Waals surface area contributed by atoms with Crippen LogP contribution in [0.25, 0.3) is 0 Å². The van der Waals surface area contributed by atoms with E-state index >= 15 is 0 Å². The van der Waals surface area contributed by atoms with Crippen molar-refractivity contribution >= 4 is 11.9 Å². The van der Waals surface area contributed by atoms with Crippen LogP contribution in [0.4, 0.5) is 0 Å². The van der Waals surface area contributed by atoms with Crippen molar-refractivity contribution in [3.8, 4) is 0 Å². The van der Waals surface area contributed by atoms with Crippen LogP contribution in [0.3, 0.4) is 0 Å². The number of carbonyl (C=O) groups is 2. The summed E-state index contributed by atoms with van der Waals surface area (Å²) >= 11 is 0. The second-order valence-electron chi connectivity index (χ2n) is 2.08. The van der Waals surface area contributed by atoms with Gasteiger partial charge in [-0.3, -0.25) is 0 Å². The van der Waals surface area contributed by atoms with Crippen molar-refractivity contribution < 1.29 is 19.1 Å². The first-order valence-corrected chi connectivity index (χ1v) is 3.14. The lowest BCUT2D eigenvalue weighted by atomic mass is 10.4. The Labute approximate surface area is 77.8 Å². The maximum atomic E-state index is 10.8. The van der Waals surface area contributed by atoms with Crippen molar-refractivity contribution in [3.05, 3.63) is 31.9 Å². The van der Waals surface area contributed by atoms with Crippen LogP contribution in [0.1, 0.15) is 6.92 Å². The molecule has 0 saturated heterocycles. The third kappa shape index (κ3) is 4.79. The maximum Gasteiger partial charge on any atom is 0.373 e. The summed E-state index contributed by atoms with van der Waals surface area (Å²) in [7, 11) is 1.17. The molecule has 0 spiro atoms. The van der Waals surface area contributed by atoms with E-state index in [1.165, 1.54) is 14.0 Å². The van der Waals surface area contributed by atoms with E-state index in [1.54, 1.807) is 0 Å². The molecule has 0 saturated carbocycles. The van der Waals surface area contributed by atoms with Crippen LogP contribution in [0.2, 0.25) is 0 Å². The van der Waals surface area contributed by atoms with Gasteiger partial charge in [0.15, 0.2) is 0 Å². The topological polar surface area (TPSA) is 52.6 Å². The van der Waals surface area contributed by atoms with Gasteiger partial charge >= 0.3 is 11.9 Å². The molecule has 0 unspecified atom stereocenters. The number of rotatable bonds is 3. The van der Waals surface area contributed by atoms with Crippen molar-refractivity contribution in [2.24, 2.45) is 0 Å². The molecular weight excluding hydrogens is 172 g/mol. The molecule has 0 aromatic rings. The molecule has 0 aromatic heterocycles. The zero-order valence-electron chi connectivity index (χ0n) is 8.05. The predicted octanol–water partition coefficient (Wildman–Crippen LogP) is 1.24. The SMILES string of the molecule is C=C(C)C(=O)OC(=C)C(=O)OC.[CH3]. The van der Waals surface area contributed by atoms with E-state index in [4.69, 9.17) is 0 Å². The van der Waals surface area contributed by atoms with Gasteiger partial charge in [-0.25, -0.2) is 9.59 Å². The van der Waals surface area contributed by atoms with Crippen LogP contribution in [0.5, 0.6) is 0 Å². The number of hydrogen-bond acceptors (Lipinski definition) is 4. The number of methoxy groups -OCH3 is 1. The summed E-state index contributed by atoms with van der Waals surface area (Å²) in [6, 6.07) is 0. The lowest BCUT2D eigenvalue weighted by Gasteiger charge is -2.03. The highest BCUT2D eigenvalue weighted by molar-refractivity contribution is 5.93. The maximum absolute atomic E-state index is 10.8. The van der Waals surface area contributed by atoms with E-state index in [1.807, 2.05) is 0 Å². The molecule has 0 aromatic carbocycles. The van der Waals surface area contributed by atoms with E-state index in [0.717, 1.165) is 0 Å². The summed E-state index contributed by atoms with van der Waals surface area (Å²) in [6.07, 6.45) is 0. The van der Waals surface area contributed by atoms with Gasteiger partial charge in [-0.1, -0.05) is 14.0 Å². The molecule has 0 rings (SSSR count). The first kappa shape index (κ1) is 14.0. The fourth-order valence-electron chi connectivity index (χ4n) is 0.355. The Bertz CT molecular complexity index is 240. The second kappa shape index (κ2) is 5.99. The van der Waals surface area contributed by atoms with Gasteiger partial charge in [-0.05, 0) is 13.5 Å². The largest absolute Gasteiger partial charge is 0.463 e. The summed E-state index contributed by atoms with van der Waals surface area (Å²) < 4.78 is 8.70. The lowest BCUT2D eigenvalue weighted by Crippen LogP contribution is -2.12. The first-order valence-electron chi connectivity index (χ1n) is 3.14. The fourth-order valence-corrected chi connectivity index (χ4v) is 0.355. The molecule has 0 bridgehead atoms. The number of carbonyl (C=O) groups excluding carboxylic acids is 2. The number of esters is 2. The minimum Gasteiger partial charge on any atom is -0.463 e. The summed E-state index contributed by atoms with van der Waals surface area (Å²) in [5.41, 5.74) is 0.194. The van der Waals surface area contributed by atoms with Crippen molar-refractivity contribution in [2.45, 2.75) is 6.92 Å². The fraction of sp³-hybridized carbons (Fsp3) is 0.222. The summed E-state index contributed by atoms with van der Waals surface area (Å²) in [5, 5.41) is 0. The van der Waals surface area contributed by atoms with Crippen molar-refractivity contribution in [2.75, 3.05) is 7.11 Å². The van der Waals surface area contributed by atoms with E-state index in [2.05, 4.69) is 22.6 Å². The van der Waals surface area contributed by atoms with Gasteiger partial charge in [0.25, 0.3) is 0 Å². The Morgan fingerprint density at radius 2 is 1.62 bits per heavy atom. The minimum atomic E-state index is -0.774. The van der Waals surface area contributed by atoms with Gasteiger partial charge in [-0.2, -0.15) is 0 Å². The van der Waals surface area contributed by atoms with Gasteiger partial charge < -0.3 is 9.47 Å². The van der Waals surface area contributed by atoms with Gasteiger partial charge in [0.05, 0.1) is 7.11 Å². The second-order valence-corrected chi connectivity index (χ2v) is 2.08. The molecule has 73 valence electrons. The molecule has 4 heteroatoms. The Kier molecular flexibility index (Phi) is 6.44. The molecule has 0 fully saturated rings. The average molecular weight is 185 g/mol. The average Bonchev–Trinajstić information content (AvgIpc) is 2.02. The minimum absolute atomic E-state index is 0.